The SMILES string of the molecule is Cc1ccccc1-n1nc(C)c2c1NC(=O)C(C)SC2c1cccc(O)c1. The number of rotatable bonds is 2. The summed E-state index contributed by atoms with van der Waals surface area (Å²) in [5.74, 6) is 0.880. The maximum absolute atomic E-state index is 12.7. The highest BCUT2D eigenvalue weighted by molar-refractivity contribution is 8.01. The van der Waals surface area contributed by atoms with Crippen LogP contribution in [-0.2, 0) is 4.79 Å². The van der Waals surface area contributed by atoms with Gasteiger partial charge in [-0.3, -0.25) is 4.79 Å². The third-order valence-corrected chi connectivity index (χ3v) is 6.24. The van der Waals surface area contributed by atoms with E-state index in [-0.39, 0.29) is 22.2 Å². The number of fused-ring (bicyclic) bond motifs is 1. The highest BCUT2D eigenvalue weighted by Crippen LogP contribution is 2.46. The fraction of sp³-hybridized carbons (Fsp3) is 0.238. The van der Waals surface area contributed by atoms with Crippen LogP contribution >= 0.6 is 11.8 Å². The number of aromatic nitrogens is 2. The average molecular weight is 379 g/mol. The van der Waals surface area contributed by atoms with E-state index in [2.05, 4.69) is 5.32 Å². The zero-order valence-corrected chi connectivity index (χ0v) is 16.2. The van der Waals surface area contributed by atoms with E-state index in [1.165, 1.54) is 0 Å². The minimum Gasteiger partial charge on any atom is -0.508 e. The molecule has 0 fully saturated rings. The number of benzene rings is 2. The fourth-order valence-electron chi connectivity index (χ4n) is 3.43. The van der Waals surface area contributed by atoms with E-state index in [9.17, 15) is 9.90 Å². The molecule has 2 unspecified atom stereocenters. The van der Waals surface area contributed by atoms with Crippen LogP contribution in [0.4, 0.5) is 5.82 Å². The number of phenols is 1. The Hall–Kier alpha value is -2.73. The van der Waals surface area contributed by atoms with Gasteiger partial charge in [0, 0.05) is 5.56 Å². The Balaban J connectivity index is 1.94. The molecule has 0 bridgehead atoms. The van der Waals surface area contributed by atoms with Gasteiger partial charge in [-0.05, 0) is 50.1 Å². The molecular weight excluding hydrogens is 358 g/mol. The van der Waals surface area contributed by atoms with Gasteiger partial charge in [-0.2, -0.15) is 5.10 Å². The Bertz CT molecular complexity index is 1030. The van der Waals surface area contributed by atoms with Gasteiger partial charge in [-0.1, -0.05) is 30.3 Å². The van der Waals surface area contributed by atoms with E-state index >= 15 is 0 Å². The van der Waals surface area contributed by atoms with Gasteiger partial charge in [0.15, 0.2) is 0 Å². The Morgan fingerprint density at radius 1 is 1.15 bits per heavy atom. The number of hydrogen-bond acceptors (Lipinski definition) is 4. The van der Waals surface area contributed by atoms with Crippen LogP contribution in [-0.4, -0.2) is 26.0 Å². The van der Waals surface area contributed by atoms with Gasteiger partial charge in [0.05, 0.1) is 21.9 Å². The second-order valence-electron chi connectivity index (χ2n) is 6.79. The Kier molecular flexibility index (Phi) is 4.44. The van der Waals surface area contributed by atoms with Gasteiger partial charge in [0.2, 0.25) is 5.91 Å². The largest absolute Gasteiger partial charge is 0.508 e. The first kappa shape index (κ1) is 17.7. The van der Waals surface area contributed by atoms with E-state index in [1.807, 2.05) is 61.9 Å². The second kappa shape index (κ2) is 6.78. The van der Waals surface area contributed by atoms with Gasteiger partial charge in [0.1, 0.15) is 11.6 Å². The smallest absolute Gasteiger partial charge is 0.238 e. The maximum Gasteiger partial charge on any atom is 0.238 e. The standard InChI is InChI=1S/C21H21N3O2S/c1-12-7-4-5-10-17(12)24-20-18(13(2)23-24)19(27-14(3)21(26)22-20)15-8-6-9-16(25)11-15/h4-11,14,19,25H,1-3H3,(H,22,26). The number of thioether (sulfide) groups is 1. The lowest BCUT2D eigenvalue weighted by atomic mass is 10.0. The molecule has 0 aliphatic carbocycles. The van der Waals surface area contributed by atoms with E-state index < -0.39 is 0 Å². The van der Waals surface area contributed by atoms with Crippen molar-refractivity contribution in [3.05, 3.63) is 70.9 Å². The number of nitrogens with zero attached hydrogens (tertiary/aromatic N) is 2. The van der Waals surface area contributed by atoms with E-state index in [0.717, 1.165) is 28.1 Å². The van der Waals surface area contributed by atoms with E-state index in [1.54, 1.807) is 23.9 Å². The molecule has 138 valence electrons. The molecule has 3 aromatic rings. The number of nitrogens with one attached hydrogen (secondary N) is 1. The van der Waals surface area contributed by atoms with Crippen molar-refractivity contribution in [1.82, 2.24) is 9.78 Å². The number of carbonyl (C=O) groups is 1. The maximum atomic E-state index is 12.7. The van der Waals surface area contributed by atoms with Crippen LogP contribution in [0.25, 0.3) is 5.69 Å². The lowest BCUT2D eigenvalue weighted by Crippen LogP contribution is -2.22. The summed E-state index contributed by atoms with van der Waals surface area (Å²) in [4.78, 5) is 12.7. The van der Waals surface area contributed by atoms with Crippen molar-refractivity contribution in [1.29, 1.82) is 0 Å². The lowest BCUT2D eigenvalue weighted by Gasteiger charge is -2.17. The number of para-hydroxylation sites is 1. The summed E-state index contributed by atoms with van der Waals surface area (Å²) < 4.78 is 1.83. The second-order valence-corrected chi connectivity index (χ2v) is 8.24. The molecule has 0 saturated carbocycles. The molecule has 4 rings (SSSR count). The minimum atomic E-state index is -0.227. The first-order valence-corrected chi connectivity index (χ1v) is 9.80. The molecule has 1 aliphatic heterocycles. The predicted molar refractivity (Wildman–Crippen MR) is 109 cm³/mol. The quantitative estimate of drug-likeness (QED) is 0.694. The summed E-state index contributed by atoms with van der Waals surface area (Å²) >= 11 is 1.57. The van der Waals surface area contributed by atoms with Crippen LogP contribution in [0.2, 0.25) is 0 Å². The number of carbonyl (C=O) groups excluding carboxylic acids is 1. The van der Waals surface area contributed by atoms with E-state index in [4.69, 9.17) is 5.10 Å². The van der Waals surface area contributed by atoms with Gasteiger partial charge in [-0.15, -0.1) is 11.8 Å². The van der Waals surface area contributed by atoms with Crippen molar-refractivity contribution >= 4 is 23.5 Å². The van der Waals surface area contributed by atoms with Gasteiger partial charge in [0.25, 0.3) is 0 Å². The number of phenolic OH excluding ortho intramolecular Hbond substituents is 1. The van der Waals surface area contributed by atoms with Crippen LogP contribution in [0.1, 0.15) is 34.6 Å². The molecule has 0 spiro atoms. The van der Waals surface area contributed by atoms with Crippen molar-refractivity contribution in [3.8, 4) is 11.4 Å². The monoisotopic (exact) mass is 379 g/mol. The van der Waals surface area contributed by atoms with Crippen LogP contribution in [0.5, 0.6) is 5.75 Å². The molecule has 2 N–H and O–H groups in total. The van der Waals surface area contributed by atoms with Crippen molar-refractivity contribution in [2.24, 2.45) is 0 Å². The minimum absolute atomic E-state index is 0.0429. The highest BCUT2D eigenvalue weighted by atomic mass is 32.2. The molecule has 1 aliphatic rings. The van der Waals surface area contributed by atoms with E-state index in [0.29, 0.717) is 5.82 Å². The highest BCUT2D eigenvalue weighted by Gasteiger charge is 2.34. The van der Waals surface area contributed by atoms with Gasteiger partial charge in [-0.25, -0.2) is 4.68 Å². The topological polar surface area (TPSA) is 67.2 Å². The number of aromatic hydroxyl groups is 1. The number of aryl methyl sites for hydroxylation is 2. The van der Waals surface area contributed by atoms with Crippen LogP contribution in [0, 0.1) is 13.8 Å². The normalized spacial score (nSPS) is 19.3. The van der Waals surface area contributed by atoms with Crippen LogP contribution in [0.3, 0.4) is 0 Å². The van der Waals surface area contributed by atoms with Gasteiger partial charge < -0.3 is 10.4 Å². The number of anilines is 1. The Morgan fingerprint density at radius 3 is 2.67 bits per heavy atom. The number of amides is 1. The summed E-state index contributed by atoms with van der Waals surface area (Å²) in [7, 11) is 0. The third kappa shape index (κ3) is 3.10. The summed E-state index contributed by atoms with van der Waals surface area (Å²) in [6.45, 7) is 5.90. The zero-order chi connectivity index (χ0) is 19.1. The summed E-state index contributed by atoms with van der Waals surface area (Å²) in [5, 5.41) is 17.5. The van der Waals surface area contributed by atoms with Crippen molar-refractivity contribution in [3.63, 3.8) is 0 Å². The fourth-order valence-corrected chi connectivity index (χ4v) is 4.75. The average Bonchev–Trinajstić information content (AvgIpc) is 2.88. The van der Waals surface area contributed by atoms with Gasteiger partial charge >= 0.3 is 0 Å². The number of hydrogen-bond donors (Lipinski definition) is 2. The molecule has 2 heterocycles. The molecule has 0 saturated heterocycles. The third-order valence-electron chi connectivity index (χ3n) is 4.84. The summed E-state index contributed by atoms with van der Waals surface area (Å²) in [6, 6.07) is 15.2. The van der Waals surface area contributed by atoms with Crippen molar-refractivity contribution < 1.29 is 9.90 Å². The molecule has 2 atom stereocenters. The van der Waals surface area contributed by atoms with Crippen molar-refractivity contribution in [2.75, 3.05) is 5.32 Å². The first-order chi connectivity index (χ1) is 13.0. The molecule has 1 amide bonds. The molecule has 2 aromatic carbocycles. The Morgan fingerprint density at radius 2 is 1.93 bits per heavy atom. The molecule has 27 heavy (non-hydrogen) atoms. The lowest BCUT2D eigenvalue weighted by molar-refractivity contribution is -0.115. The predicted octanol–water partition coefficient (Wildman–Crippen LogP) is 4.36. The van der Waals surface area contributed by atoms with Crippen molar-refractivity contribution in [2.45, 2.75) is 31.3 Å². The zero-order valence-electron chi connectivity index (χ0n) is 15.4. The molecule has 1 aromatic heterocycles. The molecular formula is C21H21N3O2S. The Labute approximate surface area is 162 Å². The van der Waals surface area contributed by atoms with Crippen LogP contribution in [0.15, 0.2) is 48.5 Å². The molecule has 5 nitrogen and oxygen atoms in total. The first-order valence-electron chi connectivity index (χ1n) is 8.86. The van der Waals surface area contributed by atoms with Crippen LogP contribution < -0.4 is 5.32 Å². The summed E-state index contributed by atoms with van der Waals surface area (Å²) in [6.07, 6.45) is 0. The summed E-state index contributed by atoms with van der Waals surface area (Å²) in [5.41, 5.74) is 4.82. The molecule has 0 radical (unpaired) electrons. The molecule has 6 heteroatoms.